The van der Waals surface area contributed by atoms with Crippen LogP contribution in [0.15, 0.2) is 18.2 Å². The van der Waals surface area contributed by atoms with E-state index in [4.69, 9.17) is 0 Å². The molecule has 8 heteroatoms. The van der Waals surface area contributed by atoms with Crippen LogP contribution in [0.5, 0.6) is 0 Å². The summed E-state index contributed by atoms with van der Waals surface area (Å²) in [6.07, 6.45) is -3.45. The highest BCUT2D eigenvalue weighted by Crippen LogP contribution is 2.32. The number of nitrogens with one attached hydrogen (secondary N) is 2. The third-order valence-electron chi connectivity index (χ3n) is 3.66. The Kier molecular flexibility index (Phi) is 5.81. The standard InChI is InChI=1S/C14H16F4N2O.ClH/c1-13(4-6-19-7-5-13)20-12(21)9-2-3-11(15)10(8-9)14(16,17)18;/h2-3,8,19H,4-7H2,1H3,(H,20,21);1H. The SMILES string of the molecule is CC1(NC(=O)c2ccc(F)c(C(F)(F)F)c2)CCNCC1.Cl. The van der Waals surface area contributed by atoms with E-state index >= 15 is 0 Å². The number of rotatable bonds is 2. The first kappa shape index (κ1) is 18.7. The van der Waals surface area contributed by atoms with Gasteiger partial charge in [-0.1, -0.05) is 0 Å². The average molecular weight is 341 g/mol. The molecule has 1 aromatic rings. The molecule has 3 nitrogen and oxygen atoms in total. The normalized spacial score (nSPS) is 17.5. The maximum atomic E-state index is 13.2. The molecule has 1 aliphatic heterocycles. The average Bonchev–Trinajstić information content (AvgIpc) is 2.38. The predicted molar refractivity (Wildman–Crippen MR) is 76.6 cm³/mol. The first-order valence-corrected chi connectivity index (χ1v) is 6.61. The minimum Gasteiger partial charge on any atom is -0.347 e. The molecule has 124 valence electrons. The third kappa shape index (κ3) is 4.33. The van der Waals surface area contributed by atoms with E-state index in [-0.39, 0.29) is 18.0 Å². The van der Waals surface area contributed by atoms with Crippen molar-refractivity contribution in [2.24, 2.45) is 0 Å². The molecule has 0 unspecified atom stereocenters. The molecule has 0 aliphatic carbocycles. The van der Waals surface area contributed by atoms with Crippen molar-refractivity contribution in [3.8, 4) is 0 Å². The predicted octanol–water partition coefficient (Wildman–Crippen LogP) is 3.14. The fraction of sp³-hybridized carbons (Fsp3) is 0.500. The van der Waals surface area contributed by atoms with Crippen LogP contribution in [0.1, 0.15) is 35.7 Å². The van der Waals surface area contributed by atoms with Crippen LogP contribution in [0.25, 0.3) is 0 Å². The number of hydrogen-bond acceptors (Lipinski definition) is 2. The fourth-order valence-electron chi connectivity index (χ4n) is 2.33. The van der Waals surface area contributed by atoms with E-state index in [1.54, 1.807) is 0 Å². The molecule has 1 saturated heterocycles. The zero-order valence-corrected chi connectivity index (χ0v) is 12.7. The van der Waals surface area contributed by atoms with Gasteiger partial charge in [-0.15, -0.1) is 12.4 Å². The molecule has 0 bridgehead atoms. The second-order valence-electron chi connectivity index (χ2n) is 5.46. The van der Waals surface area contributed by atoms with Gasteiger partial charge in [0.2, 0.25) is 0 Å². The molecular formula is C14H17ClF4N2O. The summed E-state index contributed by atoms with van der Waals surface area (Å²) in [5.41, 5.74) is -2.08. The number of benzene rings is 1. The van der Waals surface area contributed by atoms with Gasteiger partial charge in [0, 0.05) is 11.1 Å². The highest BCUT2D eigenvalue weighted by atomic mass is 35.5. The van der Waals surface area contributed by atoms with Crippen LogP contribution in [-0.4, -0.2) is 24.5 Å². The summed E-state index contributed by atoms with van der Waals surface area (Å²) < 4.78 is 51.1. The summed E-state index contributed by atoms with van der Waals surface area (Å²) in [6, 6.07) is 2.28. The Morgan fingerprint density at radius 3 is 2.41 bits per heavy atom. The Morgan fingerprint density at radius 2 is 1.86 bits per heavy atom. The van der Waals surface area contributed by atoms with Crippen LogP contribution in [0.4, 0.5) is 17.6 Å². The summed E-state index contributed by atoms with van der Waals surface area (Å²) in [5.74, 6) is -2.00. The lowest BCUT2D eigenvalue weighted by Gasteiger charge is -2.35. The van der Waals surface area contributed by atoms with Crippen molar-refractivity contribution in [2.45, 2.75) is 31.5 Å². The largest absolute Gasteiger partial charge is 0.419 e. The minimum atomic E-state index is -4.82. The minimum absolute atomic E-state index is 0. The van der Waals surface area contributed by atoms with E-state index in [1.165, 1.54) is 0 Å². The smallest absolute Gasteiger partial charge is 0.347 e. The highest BCUT2D eigenvalue weighted by Gasteiger charge is 2.35. The number of carbonyl (C=O) groups is 1. The fourth-order valence-corrected chi connectivity index (χ4v) is 2.33. The zero-order chi connectivity index (χ0) is 15.7. The summed E-state index contributed by atoms with van der Waals surface area (Å²) in [6.45, 7) is 3.31. The summed E-state index contributed by atoms with van der Waals surface area (Å²) in [5, 5.41) is 5.88. The second kappa shape index (κ2) is 6.83. The quantitative estimate of drug-likeness (QED) is 0.812. The van der Waals surface area contributed by atoms with E-state index in [0.717, 1.165) is 19.2 Å². The monoisotopic (exact) mass is 340 g/mol. The number of alkyl halides is 3. The van der Waals surface area contributed by atoms with Gasteiger partial charge in [-0.25, -0.2) is 4.39 Å². The molecule has 2 rings (SSSR count). The molecule has 22 heavy (non-hydrogen) atoms. The van der Waals surface area contributed by atoms with Crippen molar-refractivity contribution >= 4 is 18.3 Å². The van der Waals surface area contributed by atoms with E-state index in [1.807, 2.05) is 6.92 Å². The van der Waals surface area contributed by atoms with E-state index in [9.17, 15) is 22.4 Å². The highest BCUT2D eigenvalue weighted by molar-refractivity contribution is 5.94. The van der Waals surface area contributed by atoms with Crippen molar-refractivity contribution in [1.29, 1.82) is 0 Å². The first-order chi connectivity index (χ1) is 9.71. The van der Waals surface area contributed by atoms with Gasteiger partial charge in [-0.05, 0) is 51.1 Å². The Labute approximate surface area is 131 Å². The van der Waals surface area contributed by atoms with Crippen LogP contribution in [0.2, 0.25) is 0 Å². The number of amides is 1. The van der Waals surface area contributed by atoms with Gasteiger partial charge in [0.25, 0.3) is 5.91 Å². The zero-order valence-electron chi connectivity index (χ0n) is 11.9. The van der Waals surface area contributed by atoms with E-state index in [2.05, 4.69) is 10.6 Å². The molecular weight excluding hydrogens is 324 g/mol. The van der Waals surface area contributed by atoms with Crippen molar-refractivity contribution in [3.05, 3.63) is 35.1 Å². The lowest BCUT2D eigenvalue weighted by molar-refractivity contribution is -0.140. The Morgan fingerprint density at radius 1 is 1.27 bits per heavy atom. The molecule has 0 aromatic heterocycles. The lowest BCUT2D eigenvalue weighted by atomic mass is 9.90. The summed E-state index contributed by atoms with van der Waals surface area (Å²) in [4.78, 5) is 12.1. The second-order valence-corrected chi connectivity index (χ2v) is 5.46. The number of hydrogen-bond donors (Lipinski definition) is 2. The molecule has 1 heterocycles. The molecule has 0 atom stereocenters. The number of piperidine rings is 1. The van der Waals surface area contributed by atoms with Crippen LogP contribution in [0.3, 0.4) is 0 Å². The third-order valence-corrected chi connectivity index (χ3v) is 3.66. The van der Waals surface area contributed by atoms with Crippen molar-refractivity contribution in [3.63, 3.8) is 0 Å². The lowest BCUT2D eigenvalue weighted by Crippen LogP contribution is -2.52. The van der Waals surface area contributed by atoms with Gasteiger partial charge in [-0.2, -0.15) is 13.2 Å². The Balaban J connectivity index is 0.00000242. The number of carbonyl (C=O) groups excluding carboxylic acids is 1. The molecule has 0 radical (unpaired) electrons. The molecule has 0 spiro atoms. The first-order valence-electron chi connectivity index (χ1n) is 6.61. The van der Waals surface area contributed by atoms with Gasteiger partial charge < -0.3 is 10.6 Å². The topological polar surface area (TPSA) is 41.1 Å². The van der Waals surface area contributed by atoms with Crippen LogP contribution >= 0.6 is 12.4 Å². The Hall–Kier alpha value is -1.34. The molecule has 1 amide bonds. The molecule has 2 N–H and O–H groups in total. The maximum Gasteiger partial charge on any atom is 0.419 e. The summed E-state index contributed by atoms with van der Waals surface area (Å²) in [7, 11) is 0. The van der Waals surface area contributed by atoms with Crippen molar-refractivity contribution in [2.75, 3.05) is 13.1 Å². The van der Waals surface area contributed by atoms with Crippen LogP contribution in [0, 0.1) is 5.82 Å². The van der Waals surface area contributed by atoms with Gasteiger partial charge in [-0.3, -0.25) is 4.79 Å². The van der Waals surface area contributed by atoms with E-state index in [0.29, 0.717) is 25.0 Å². The van der Waals surface area contributed by atoms with Crippen LogP contribution in [-0.2, 0) is 6.18 Å². The van der Waals surface area contributed by atoms with Crippen LogP contribution < -0.4 is 10.6 Å². The van der Waals surface area contributed by atoms with Gasteiger partial charge in [0.1, 0.15) is 5.82 Å². The molecule has 1 fully saturated rings. The van der Waals surface area contributed by atoms with Gasteiger partial charge in [0.15, 0.2) is 0 Å². The van der Waals surface area contributed by atoms with Gasteiger partial charge >= 0.3 is 6.18 Å². The molecule has 1 aromatic carbocycles. The van der Waals surface area contributed by atoms with Crippen molar-refractivity contribution in [1.82, 2.24) is 10.6 Å². The summed E-state index contributed by atoms with van der Waals surface area (Å²) >= 11 is 0. The van der Waals surface area contributed by atoms with Crippen molar-refractivity contribution < 1.29 is 22.4 Å². The molecule has 0 saturated carbocycles. The number of halogens is 5. The molecule has 1 aliphatic rings. The maximum absolute atomic E-state index is 13.2. The van der Waals surface area contributed by atoms with Gasteiger partial charge in [0.05, 0.1) is 5.56 Å². The van der Waals surface area contributed by atoms with E-state index < -0.39 is 29.0 Å². The Bertz CT molecular complexity index is 542.